The minimum atomic E-state index is -0.210. The molecule has 2 aromatic carbocycles. The molecule has 0 aliphatic carbocycles. The number of benzene rings is 2. The van der Waals surface area contributed by atoms with Gasteiger partial charge in [-0.3, -0.25) is 14.5 Å². The Morgan fingerprint density at radius 1 is 1.04 bits per heavy atom. The van der Waals surface area contributed by atoms with Crippen molar-refractivity contribution in [3.63, 3.8) is 0 Å². The van der Waals surface area contributed by atoms with Crippen molar-refractivity contribution in [1.82, 2.24) is 4.90 Å². The second kappa shape index (κ2) is 8.60. The van der Waals surface area contributed by atoms with E-state index in [1.54, 1.807) is 24.3 Å². The molecule has 3 rings (SSSR count). The molecular weight excluding hydrogens is 392 g/mol. The fourth-order valence-corrected chi connectivity index (χ4v) is 3.63. The molecule has 2 aromatic rings. The first kappa shape index (κ1) is 18.8. The average Bonchev–Trinajstić information content (AvgIpc) is 2.69. The van der Waals surface area contributed by atoms with Crippen LogP contribution in [0.15, 0.2) is 53.0 Å². The maximum atomic E-state index is 12.9. The molecule has 0 saturated carbocycles. The highest BCUT2D eigenvalue weighted by molar-refractivity contribution is 9.10. The Morgan fingerprint density at radius 2 is 1.73 bits per heavy atom. The van der Waals surface area contributed by atoms with Gasteiger partial charge in [-0.15, -0.1) is 0 Å². The molecule has 0 unspecified atom stereocenters. The third-order valence-corrected chi connectivity index (χ3v) is 5.33. The van der Waals surface area contributed by atoms with Crippen LogP contribution in [-0.4, -0.2) is 35.7 Å². The van der Waals surface area contributed by atoms with Crippen LogP contribution in [0.5, 0.6) is 0 Å². The van der Waals surface area contributed by atoms with Gasteiger partial charge >= 0.3 is 0 Å². The summed E-state index contributed by atoms with van der Waals surface area (Å²) in [6, 6.07) is 14.3. The number of hydrogen-bond acceptors (Lipinski definition) is 3. The van der Waals surface area contributed by atoms with Crippen molar-refractivity contribution >= 4 is 33.3 Å². The SMILES string of the molecule is C[C@H](C(=O)Nc1ccc(Br)cc1C(=O)c1ccccc1)N1CCCCC1. The Hall–Kier alpha value is -1.98. The van der Waals surface area contributed by atoms with Crippen LogP contribution in [0.1, 0.15) is 42.1 Å². The minimum Gasteiger partial charge on any atom is -0.324 e. The van der Waals surface area contributed by atoms with Gasteiger partial charge < -0.3 is 5.32 Å². The highest BCUT2D eigenvalue weighted by atomic mass is 79.9. The predicted octanol–water partition coefficient (Wildman–Crippen LogP) is 4.49. The molecule has 136 valence electrons. The summed E-state index contributed by atoms with van der Waals surface area (Å²) in [7, 11) is 0. The Kier molecular flexibility index (Phi) is 6.22. The van der Waals surface area contributed by atoms with Crippen molar-refractivity contribution in [1.29, 1.82) is 0 Å². The Morgan fingerprint density at radius 3 is 2.42 bits per heavy atom. The summed E-state index contributed by atoms with van der Waals surface area (Å²) in [5.41, 5.74) is 1.64. The Bertz CT molecular complexity index is 786. The van der Waals surface area contributed by atoms with E-state index < -0.39 is 0 Å². The van der Waals surface area contributed by atoms with Crippen LogP contribution in [0.4, 0.5) is 5.69 Å². The summed E-state index contributed by atoms with van der Waals surface area (Å²) in [5, 5.41) is 2.96. The molecule has 4 nitrogen and oxygen atoms in total. The van der Waals surface area contributed by atoms with Gasteiger partial charge in [-0.1, -0.05) is 52.7 Å². The summed E-state index contributed by atoms with van der Waals surface area (Å²) in [4.78, 5) is 27.8. The molecule has 0 bridgehead atoms. The molecule has 1 saturated heterocycles. The van der Waals surface area contributed by atoms with E-state index in [9.17, 15) is 9.59 Å². The number of likely N-dealkylation sites (tertiary alicyclic amines) is 1. The van der Waals surface area contributed by atoms with Gasteiger partial charge in [-0.25, -0.2) is 0 Å². The number of nitrogens with one attached hydrogen (secondary N) is 1. The lowest BCUT2D eigenvalue weighted by Crippen LogP contribution is -2.44. The first-order chi connectivity index (χ1) is 12.6. The van der Waals surface area contributed by atoms with Crippen LogP contribution in [0.2, 0.25) is 0 Å². The lowest BCUT2D eigenvalue weighted by atomic mass is 10.0. The molecule has 1 aliphatic heterocycles. The quantitative estimate of drug-likeness (QED) is 0.732. The number of amides is 1. The molecule has 26 heavy (non-hydrogen) atoms. The van der Waals surface area contributed by atoms with Crippen LogP contribution in [0.3, 0.4) is 0 Å². The molecular formula is C21H23BrN2O2. The third kappa shape index (κ3) is 4.40. The molecule has 0 radical (unpaired) electrons. The zero-order chi connectivity index (χ0) is 18.5. The largest absolute Gasteiger partial charge is 0.324 e. The first-order valence-corrected chi connectivity index (χ1v) is 9.80. The van der Waals surface area contributed by atoms with E-state index in [4.69, 9.17) is 0 Å². The molecule has 5 heteroatoms. The Labute approximate surface area is 162 Å². The number of ketones is 1. The molecule has 1 fully saturated rings. The van der Waals surface area contributed by atoms with Gasteiger partial charge in [-0.2, -0.15) is 0 Å². The van der Waals surface area contributed by atoms with Crippen LogP contribution < -0.4 is 5.32 Å². The van der Waals surface area contributed by atoms with Gasteiger partial charge in [-0.05, 0) is 51.1 Å². The summed E-state index contributed by atoms with van der Waals surface area (Å²) in [5.74, 6) is -0.177. The number of hydrogen-bond donors (Lipinski definition) is 1. The van der Waals surface area contributed by atoms with E-state index in [1.807, 2.05) is 31.2 Å². The van der Waals surface area contributed by atoms with Crippen LogP contribution in [0, 0.1) is 0 Å². The highest BCUT2D eigenvalue weighted by Crippen LogP contribution is 2.25. The number of carbonyl (C=O) groups excluding carboxylic acids is 2. The molecule has 1 atom stereocenters. The van der Waals surface area contributed by atoms with E-state index >= 15 is 0 Å². The van der Waals surface area contributed by atoms with Gasteiger partial charge in [0.15, 0.2) is 5.78 Å². The zero-order valence-corrected chi connectivity index (χ0v) is 16.5. The van der Waals surface area contributed by atoms with Gasteiger partial charge in [0, 0.05) is 15.6 Å². The summed E-state index contributed by atoms with van der Waals surface area (Å²) < 4.78 is 0.804. The first-order valence-electron chi connectivity index (χ1n) is 9.00. The van der Waals surface area contributed by atoms with E-state index in [1.165, 1.54) is 6.42 Å². The summed E-state index contributed by atoms with van der Waals surface area (Å²) in [6.45, 7) is 3.83. The average molecular weight is 415 g/mol. The molecule has 1 amide bonds. The van der Waals surface area contributed by atoms with E-state index in [0.717, 1.165) is 30.4 Å². The second-order valence-electron chi connectivity index (χ2n) is 6.65. The van der Waals surface area contributed by atoms with E-state index in [-0.39, 0.29) is 17.7 Å². The number of rotatable bonds is 5. The Balaban J connectivity index is 1.81. The maximum absolute atomic E-state index is 12.9. The fraction of sp³-hybridized carbons (Fsp3) is 0.333. The smallest absolute Gasteiger partial charge is 0.241 e. The number of halogens is 1. The third-order valence-electron chi connectivity index (χ3n) is 4.84. The van der Waals surface area contributed by atoms with Gasteiger partial charge in [0.1, 0.15) is 0 Å². The zero-order valence-electron chi connectivity index (χ0n) is 14.9. The van der Waals surface area contributed by atoms with Crippen molar-refractivity contribution < 1.29 is 9.59 Å². The van der Waals surface area contributed by atoms with Crippen molar-refractivity contribution in [2.45, 2.75) is 32.2 Å². The number of anilines is 1. The highest BCUT2D eigenvalue weighted by Gasteiger charge is 2.24. The topological polar surface area (TPSA) is 49.4 Å². The summed E-state index contributed by atoms with van der Waals surface area (Å²) >= 11 is 3.42. The molecule has 0 aromatic heterocycles. The molecule has 1 N–H and O–H groups in total. The lowest BCUT2D eigenvalue weighted by molar-refractivity contribution is -0.121. The second-order valence-corrected chi connectivity index (χ2v) is 7.56. The predicted molar refractivity (Wildman–Crippen MR) is 108 cm³/mol. The fourth-order valence-electron chi connectivity index (χ4n) is 3.27. The molecule has 1 heterocycles. The van der Waals surface area contributed by atoms with Crippen molar-refractivity contribution in [2.75, 3.05) is 18.4 Å². The van der Waals surface area contributed by atoms with Crippen molar-refractivity contribution in [3.8, 4) is 0 Å². The minimum absolute atomic E-state index is 0.0728. The van der Waals surface area contributed by atoms with Crippen molar-refractivity contribution in [2.24, 2.45) is 0 Å². The number of nitrogens with zero attached hydrogens (tertiary/aromatic N) is 1. The van der Waals surface area contributed by atoms with Gasteiger partial charge in [0.25, 0.3) is 0 Å². The lowest BCUT2D eigenvalue weighted by Gasteiger charge is -2.31. The number of carbonyl (C=O) groups is 2. The van der Waals surface area contributed by atoms with Gasteiger partial charge in [0.2, 0.25) is 5.91 Å². The van der Waals surface area contributed by atoms with E-state index in [2.05, 4.69) is 26.1 Å². The normalized spacial score (nSPS) is 16.1. The monoisotopic (exact) mass is 414 g/mol. The molecule has 1 aliphatic rings. The van der Waals surface area contributed by atoms with Crippen LogP contribution >= 0.6 is 15.9 Å². The standard InChI is InChI=1S/C21H23BrN2O2/c1-15(24-12-6-3-7-13-24)21(26)23-19-11-10-17(22)14-18(19)20(25)16-8-4-2-5-9-16/h2,4-5,8-11,14-15H,3,6-7,12-13H2,1H3,(H,23,26)/t15-/m1/s1. The van der Waals surface area contributed by atoms with Crippen LogP contribution in [-0.2, 0) is 4.79 Å². The molecule has 0 spiro atoms. The van der Waals surface area contributed by atoms with Crippen molar-refractivity contribution in [3.05, 3.63) is 64.1 Å². The summed E-state index contributed by atoms with van der Waals surface area (Å²) in [6.07, 6.45) is 3.49. The number of piperidine rings is 1. The maximum Gasteiger partial charge on any atom is 0.241 e. The van der Waals surface area contributed by atoms with E-state index in [0.29, 0.717) is 16.8 Å². The van der Waals surface area contributed by atoms with Crippen LogP contribution in [0.25, 0.3) is 0 Å². The van der Waals surface area contributed by atoms with Gasteiger partial charge in [0.05, 0.1) is 11.7 Å².